The van der Waals surface area contributed by atoms with E-state index in [0.717, 1.165) is 22.6 Å². The van der Waals surface area contributed by atoms with Gasteiger partial charge in [-0.05, 0) is 54.0 Å². The summed E-state index contributed by atoms with van der Waals surface area (Å²) in [7, 11) is -1.68. The highest BCUT2D eigenvalue weighted by Crippen LogP contribution is 2.26. The van der Waals surface area contributed by atoms with Gasteiger partial charge < -0.3 is 4.74 Å². The molecule has 0 fully saturated rings. The van der Waals surface area contributed by atoms with Crippen molar-refractivity contribution in [3.8, 4) is 17.0 Å². The number of rotatable bonds is 8. The Morgan fingerprint density at radius 2 is 1.81 bits per heavy atom. The lowest BCUT2D eigenvalue weighted by Crippen LogP contribution is -2.11. The number of carbonyl (C=O) groups is 1. The Kier molecular flexibility index (Phi) is 7.25. The molecule has 8 heteroatoms. The lowest BCUT2D eigenvalue weighted by molar-refractivity contribution is -0.111. The van der Waals surface area contributed by atoms with Gasteiger partial charge in [0, 0.05) is 17.0 Å². The molecule has 0 aliphatic rings. The number of anilines is 1. The van der Waals surface area contributed by atoms with Gasteiger partial charge >= 0.3 is 0 Å². The minimum Gasteiger partial charge on any atom is -0.497 e. The van der Waals surface area contributed by atoms with E-state index in [2.05, 4.69) is 10.3 Å². The molecule has 1 aromatic heterocycles. The molecule has 31 heavy (non-hydrogen) atoms. The van der Waals surface area contributed by atoms with Gasteiger partial charge in [0.1, 0.15) is 5.75 Å². The van der Waals surface area contributed by atoms with Crippen molar-refractivity contribution >= 4 is 38.3 Å². The van der Waals surface area contributed by atoms with Crippen LogP contribution < -0.4 is 10.1 Å². The smallest absolute Gasteiger partial charge is 0.250 e. The Morgan fingerprint density at radius 3 is 2.42 bits per heavy atom. The monoisotopic (exact) mass is 456 g/mol. The molecule has 6 nitrogen and oxygen atoms in total. The van der Waals surface area contributed by atoms with E-state index in [0.29, 0.717) is 5.13 Å². The first-order valence-electron chi connectivity index (χ1n) is 9.68. The normalized spacial score (nSPS) is 11.7. The number of benzene rings is 2. The first-order valence-corrected chi connectivity index (χ1v) is 12.2. The summed E-state index contributed by atoms with van der Waals surface area (Å²) in [6, 6.07) is 14.0. The Hall–Kier alpha value is -2.97. The van der Waals surface area contributed by atoms with Crippen LogP contribution in [0, 0.1) is 5.92 Å². The molecule has 0 unspecified atom stereocenters. The quantitative estimate of drug-likeness (QED) is 0.487. The minimum absolute atomic E-state index is 0.0596. The van der Waals surface area contributed by atoms with Crippen molar-refractivity contribution in [1.82, 2.24) is 4.98 Å². The zero-order chi connectivity index (χ0) is 22.4. The average Bonchev–Trinajstić information content (AvgIpc) is 3.20. The van der Waals surface area contributed by atoms with Gasteiger partial charge in [0.05, 0.1) is 23.5 Å². The van der Waals surface area contributed by atoms with Crippen LogP contribution in [0.15, 0.2) is 64.9 Å². The second-order valence-electron chi connectivity index (χ2n) is 7.33. The van der Waals surface area contributed by atoms with Crippen molar-refractivity contribution in [3.05, 3.63) is 65.6 Å². The third-order valence-corrected chi connectivity index (χ3v) is 7.19. The maximum absolute atomic E-state index is 12.3. The van der Waals surface area contributed by atoms with Crippen LogP contribution in [0.5, 0.6) is 5.75 Å². The van der Waals surface area contributed by atoms with E-state index in [9.17, 15) is 13.2 Å². The zero-order valence-electron chi connectivity index (χ0n) is 17.5. The average molecular weight is 457 g/mol. The van der Waals surface area contributed by atoms with Crippen molar-refractivity contribution in [1.29, 1.82) is 0 Å². The molecule has 0 aliphatic heterocycles. The summed E-state index contributed by atoms with van der Waals surface area (Å²) in [5.41, 5.74) is 2.43. The van der Waals surface area contributed by atoms with Gasteiger partial charge in [0.15, 0.2) is 15.0 Å². The summed E-state index contributed by atoms with van der Waals surface area (Å²) < 4.78 is 29.7. The van der Waals surface area contributed by atoms with Crippen molar-refractivity contribution in [2.24, 2.45) is 5.92 Å². The summed E-state index contributed by atoms with van der Waals surface area (Å²) in [6.07, 6.45) is 3.03. The molecule has 0 saturated carbocycles. The number of sulfone groups is 1. The molecule has 0 aliphatic carbocycles. The van der Waals surface area contributed by atoms with Crippen molar-refractivity contribution in [3.63, 3.8) is 0 Å². The second kappa shape index (κ2) is 9.89. The molecule has 162 valence electrons. The number of nitrogens with one attached hydrogen (secondary N) is 1. The van der Waals surface area contributed by atoms with Crippen molar-refractivity contribution in [2.45, 2.75) is 18.7 Å². The van der Waals surface area contributed by atoms with E-state index in [1.54, 1.807) is 37.5 Å². The van der Waals surface area contributed by atoms with E-state index >= 15 is 0 Å². The molecular weight excluding hydrogens is 432 g/mol. The summed E-state index contributed by atoms with van der Waals surface area (Å²) in [5.74, 6) is 0.622. The summed E-state index contributed by atoms with van der Waals surface area (Å²) in [5, 5.41) is 5.11. The van der Waals surface area contributed by atoms with Crippen LogP contribution >= 0.6 is 11.3 Å². The van der Waals surface area contributed by atoms with Gasteiger partial charge in [-0.1, -0.05) is 26.0 Å². The van der Waals surface area contributed by atoms with Crippen LogP contribution in [0.3, 0.4) is 0 Å². The third kappa shape index (κ3) is 6.26. The fourth-order valence-electron chi connectivity index (χ4n) is 2.87. The molecule has 3 aromatic rings. The van der Waals surface area contributed by atoms with Crippen LogP contribution in [0.4, 0.5) is 5.13 Å². The number of ether oxygens (including phenoxy) is 1. The third-order valence-electron chi connectivity index (χ3n) is 4.34. The van der Waals surface area contributed by atoms with Gasteiger partial charge in [-0.2, -0.15) is 0 Å². The Balaban J connectivity index is 1.61. The zero-order valence-corrected chi connectivity index (χ0v) is 19.2. The molecule has 0 radical (unpaired) electrons. The van der Waals surface area contributed by atoms with Crippen LogP contribution in [0.1, 0.15) is 19.4 Å². The predicted molar refractivity (Wildman–Crippen MR) is 125 cm³/mol. The van der Waals surface area contributed by atoms with E-state index in [4.69, 9.17) is 4.74 Å². The number of methoxy groups -OCH3 is 1. The molecule has 0 bridgehead atoms. The highest BCUT2D eigenvalue weighted by molar-refractivity contribution is 7.91. The minimum atomic E-state index is -3.29. The highest BCUT2D eigenvalue weighted by atomic mass is 32.2. The highest BCUT2D eigenvalue weighted by Gasteiger charge is 2.15. The molecule has 0 spiro atoms. The summed E-state index contributed by atoms with van der Waals surface area (Å²) >= 11 is 1.34. The molecule has 1 heterocycles. The van der Waals surface area contributed by atoms with E-state index in [1.807, 2.05) is 43.5 Å². The maximum atomic E-state index is 12.3. The molecule has 1 N–H and O–H groups in total. The van der Waals surface area contributed by atoms with Gasteiger partial charge in [-0.3, -0.25) is 10.1 Å². The number of carbonyl (C=O) groups excluding carboxylic acids is 1. The Morgan fingerprint density at radius 1 is 1.13 bits per heavy atom. The fourth-order valence-corrected chi connectivity index (χ4v) is 5.21. The lowest BCUT2D eigenvalue weighted by atomic mass is 10.2. The van der Waals surface area contributed by atoms with Gasteiger partial charge in [0.2, 0.25) is 5.91 Å². The summed E-state index contributed by atoms with van der Waals surface area (Å²) in [4.78, 5) is 16.9. The number of nitrogens with zero attached hydrogens (tertiary/aromatic N) is 1. The van der Waals surface area contributed by atoms with Crippen molar-refractivity contribution in [2.75, 3.05) is 18.2 Å². The lowest BCUT2D eigenvalue weighted by Gasteiger charge is -2.07. The van der Waals surface area contributed by atoms with Gasteiger partial charge in [-0.25, -0.2) is 13.4 Å². The van der Waals surface area contributed by atoms with E-state index < -0.39 is 9.84 Å². The molecule has 2 aromatic carbocycles. The molecule has 0 saturated heterocycles. The maximum Gasteiger partial charge on any atom is 0.250 e. The molecule has 1 amide bonds. The molecule has 3 rings (SSSR count). The van der Waals surface area contributed by atoms with Crippen molar-refractivity contribution < 1.29 is 17.9 Å². The molecule has 0 atom stereocenters. The predicted octanol–water partition coefficient (Wildman–Crippen LogP) is 4.90. The topological polar surface area (TPSA) is 85.4 Å². The largest absolute Gasteiger partial charge is 0.497 e. The second-order valence-corrected chi connectivity index (χ2v) is 10.2. The van der Waals surface area contributed by atoms with Crippen LogP contribution in [0.2, 0.25) is 0 Å². The number of aromatic nitrogens is 1. The number of hydrogen-bond acceptors (Lipinski definition) is 6. The number of thiazole rings is 1. The molecular formula is C23H24N2O4S2. The van der Waals surface area contributed by atoms with Gasteiger partial charge in [0.25, 0.3) is 0 Å². The van der Waals surface area contributed by atoms with Crippen LogP contribution in [-0.2, 0) is 14.6 Å². The number of hydrogen-bond donors (Lipinski definition) is 1. The van der Waals surface area contributed by atoms with Gasteiger partial charge in [-0.15, -0.1) is 11.3 Å². The standard InChI is InChI=1S/C23H24N2O4S2/c1-16(2)15-31(27,28)20-11-4-17(5-12-20)6-13-22(26)25-23-24-21(14-30-23)18-7-9-19(29-3)10-8-18/h4-14,16H,15H2,1-3H3,(H,24,25,26)/b13-6-. The van der Waals surface area contributed by atoms with E-state index in [-0.39, 0.29) is 22.5 Å². The van der Waals surface area contributed by atoms with Crippen LogP contribution in [-0.4, -0.2) is 32.2 Å². The number of amides is 1. The fraction of sp³-hybridized carbons (Fsp3) is 0.217. The Labute approximate surface area is 186 Å². The van der Waals surface area contributed by atoms with Crippen LogP contribution in [0.25, 0.3) is 17.3 Å². The Bertz CT molecular complexity index is 1160. The summed E-state index contributed by atoms with van der Waals surface area (Å²) in [6.45, 7) is 3.74. The SMILES string of the molecule is COc1ccc(-c2csc(NC(=O)/C=C\c3ccc(S(=O)(=O)CC(C)C)cc3)n2)cc1. The first kappa shape index (κ1) is 22.7. The van der Waals surface area contributed by atoms with E-state index in [1.165, 1.54) is 17.4 Å². The first-order chi connectivity index (χ1) is 14.8.